The van der Waals surface area contributed by atoms with Crippen molar-refractivity contribution in [1.29, 1.82) is 0 Å². The maximum Gasteiger partial charge on any atom is -1.00 e. The van der Waals surface area contributed by atoms with Crippen LogP contribution in [0.5, 0.6) is 0 Å². The van der Waals surface area contributed by atoms with Gasteiger partial charge in [-0.1, -0.05) is 0 Å². The molecule has 2 nitrogen and oxygen atoms in total. The fourth-order valence-corrected chi connectivity index (χ4v) is 21.8. The van der Waals surface area contributed by atoms with Crippen molar-refractivity contribution in [3.8, 4) is 0 Å². The van der Waals surface area contributed by atoms with Crippen LogP contribution in [0.1, 0.15) is 98.3 Å². The molecule has 1 N–H and O–H groups in total. The quantitative estimate of drug-likeness (QED) is 0.479. The molecule has 217 valence electrons. The van der Waals surface area contributed by atoms with Gasteiger partial charge in [0.1, 0.15) is 0 Å². The van der Waals surface area contributed by atoms with Crippen LogP contribution in [0, 0.1) is 11.8 Å². The summed E-state index contributed by atoms with van der Waals surface area (Å²) in [7, 11) is 0. The predicted molar refractivity (Wildman–Crippen MR) is 162 cm³/mol. The SMILES string of the molecule is CC1=C(C)C(C)[C]([Ti+2]([NH]C(=O)C2CCCCCCCCCCC2)[SiH](c2ccccc2)c2ccccc2)=C1C.[Cl-].[Cl-]. The molecule has 0 heterocycles. The van der Waals surface area contributed by atoms with E-state index in [9.17, 15) is 4.79 Å². The second-order valence-electron chi connectivity index (χ2n) is 11.7. The first-order valence-corrected chi connectivity index (χ1v) is 21.1. The molecule has 6 heteroatoms. The van der Waals surface area contributed by atoms with E-state index in [0.717, 1.165) is 12.8 Å². The average molecular weight is 634 g/mol. The van der Waals surface area contributed by atoms with Gasteiger partial charge in [0, 0.05) is 0 Å². The second kappa shape index (κ2) is 17.8. The summed E-state index contributed by atoms with van der Waals surface area (Å²) in [5, 5.41) is 2.95. The number of amides is 1. The van der Waals surface area contributed by atoms with Gasteiger partial charge < -0.3 is 24.8 Å². The average Bonchev–Trinajstić information content (AvgIpc) is 3.12. The van der Waals surface area contributed by atoms with Gasteiger partial charge in [-0.2, -0.15) is 0 Å². The molecule has 0 spiro atoms. The zero-order valence-corrected chi connectivity index (χ0v) is 29.2. The van der Waals surface area contributed by atoms with Crippen LogP contribution in [-0.4, -0.2) is 12.6 Å². The first kappa shape index (κ1) is 35.1. The molecule has 4 rings (SSSR count). The van der Waals surface area contributed by atoms with Crippen LogP contribution in [0.2, 0.25) is 0 Å². The Labute approximate surface area is 263 Å². The maximum atomic E-state index is 14.2. The van der Waals surface area contributed by atoms with E-state index in [2.05, 4.69) is 92.2 Å². The second-order valence-corrected chi connectivity index (χ2v) is 21.5. The number of nitrogens with one attached hydrogen (secondary N) is 1. The van der Waals surface area contributed by atoms with Gasteiger partial charge in [0.2, 0.25) is 0 Å². The molecule has 2 aromatic carbocycles. The van der Waals surface area contributed by atoms with Gasteiger partial charge in [-0.05, 0) is 0 Å². The Bertz CT molecular complexity index is 1070. The number of benzene rings is 2. The molecular formula is C34H48Cl2NOSiTi. The largest absolute Gasteiger partial charge is 1.00 e. The number of allylic oxidation sites excluding steroid dienone is 4. The van der Waals surface area contributed by atoms with E-state index in [1.54, 1.807) is 3.88 Å². The van der Waals surface area contributed by atoms with Gasteiger partial charge in [0.05, 0.1) is 0 Å². The normalized spacial score (nSPS) is 19.3. The van der Waals surface area contributed by atoms with Crippen molar-refractivity contribution < 1.29 is 47.0 Å². The molecule has 0 saturated heterocycles. The molecule has 1 atom stereocenters. The van der Waals surface area contributed by atoms with Crippen molar-refractivity contribution in [2.45, 2.75) is 98.3 Å². The minimum atomic E-state index is -2.25. The summed E-state index contributed by atoms with van der Waals surface area (Å²) in [6.45, 7) is 7.66. The predicted octanol–water partition coefficient (Wildman–Crippen LogP) is 1.36. The fraction of sp³-hybridized carbons (Fsp3) is 0.500. The van der Waals surface area contributed by atoms with Gasteiger partial charge in [-0.15, -0.1) is 0 Å². The van der Waals surface area contributed by atoms with E-state index in [1.807, 2.05) is 0 Å². The van der Waals surface area contributed by atoms with Gasteiger partial charge in [-0.3, -0.25) is 0 Å². The minimum absolute atomic E-state index is 0. The van der Waals surface area contributed by atoms with Crippen LogP contribution in [-0.2, 0) is 22.2 Å². The van der Waals surface area contributed by atoms with Gasteiger partial charge >= 0.3 is 240 Å². The van der Waals surface area contributed by atoms with Crippen LogP contribution in [0.15, 0.2) is 81.3 Å². The van der Waals surface area contributed by atoms with Crippen LogP contribution in [0.25, 0.3) is 0 Å². The van der Waals surface area contributed by atoms with Gasteiger partial charge in [0.25, 0.3) is 0 Å². The Balaban J connectivity index is 0.00000280. The van der Waals surface area contributed by atoms with Gasteiger partial charge in [0.15, 0.2) is 0 Å². The summed E-state index contributed by atoms with van der Waals surface area (Å²) < 4.78 is 5.56. The van der Waals surface area contributed by atoms with Crippen molar-refractivity contribution >= 4 is 22.9 Å². The van der Waals surface area contributed by atoms with E-state index >= 15 is 0 Å². The smallest absolute Gasteiger partial charge is 1.00 e. The topological polar surface area (TPSA) is 29.1 Å². The summed E-state index contributed by atoms with van der Waals surface area (Å²) in [6, 6.07) is 22.4. The standard InChI is InChI=1S/C13H25NO.C12H11Si.C9H13.2ClH.Ti/c14-13(15)12-10-8-6-4-2-1-3-5-7-9-11-12;1-3-7-11(8-4-1)13-12-9-5-2-6-10-12;1-6-5-7(2)9(4)8(6)3;;;/h12H,1-11H2,(H2,14,15);1-10,13H;6H,1-4H3;2*1H;/q;;;;;+3/p-3. The van der Waals surface area contributed by atoms with E-state index < -0.39 is 24.0 Å². The zero-order chi connectivity index (χ0) is 26.9. The Hall–Kier alpha value is -1.10. The molecule has 0 aliphatic heterocycles. The molecule has 0 radical (unpaired) electrons. The molecule has 2 aromatic rings. The van der Waals surface area contributed by atoms with Crippen molar-refractivity contribution in [3.63, 3.8) is 0 Å². The molecule has 1 amide bonds. The fourth-order valence-electron chi connectivity index (χ4n) is 6.57. The number of hydrogen-bond acceptors (Lipinski definition) is 1. The zero-order valence-electron chi connectivity index (χ0n) is 24.9. The van der Waals surface area contributed by atoms with Crippen LogP contribution in [0.4, 0.5) is 0 Å². The molecule has 1 unspecified atom stereocenters. The van der Waals surface area contributed by atoms with Crippen molar-refractivity contribution in [1.82, 2.24) is 3.80 Å². The summed E-state index contributed by atoms with van der Waals surface area (Å²) in [5.74, 6) is 0.978. The molecule has 1 saturated carbocycles. The van der Waals surface area contributed by atoms with Gasteiger partial charge in [-0.25, -0.2) is 0 Å². The monoisotopic (exact) mass is 632 g/mol. The Morgan fingerprint density at radius 2 is 1.12 bits per heavy atom. The Morgan fingerprint density at radius 1 is 0.700 bits per heavy atom. The Kier molecular flexibility index (Phi) is 15.6. The summed E-state index contributed by atoms with van der Waals surface area (Å²) in [4.78, 5) is 14.2. The molecular weight excluding hydrogens is 585 g/mol. The number of rotatable bonds is 6. The van der Waals surface area contributed by atoms with Crippen molar-refractivity contribution in [2.75, 3.05) is 0 Å². The van der Waals surface area contributed by atoms with E-state index in [1.165, 1.54) is 84.9 Å². The summed E-state index contributed by atoms with van der Waals surface area (Å²) >= 11 is -2.25. The van der Waals surface area contributed by atoms with Crippen molar-refractivity contribution in [3.05, 3.63) is 81.3 Å². The van der Waals surface area contributed by atoms with E-state index in [-0.39, 0.29) is 30.7 Å². The number of carbonyl (C=O) groups is 1. The van der Waals surface area contributed by atoms with Crippen LogP contribution < -0.4 is 39.0 Å². The first-order valence-electron chi connectivity index (χ1n) is 15.2. The summed E-state index contributed by atoms with van der Waals surface area (Å²) in [5.41, 5.74) is 4.41. The molecule has 1 fully saturated rings. The third-order valence-electron chi connectivity index (χ3n) is 9.22. The third kappa shape index (κ3) is 8.95. The summed E-state index contributed by atoms with van der Waals surface area (Å²) in [6.07, 6.45) is 13.9. The van der Waals surface area contributed by atoms with E-state index in [4.69, 9.17) is 0 Å². The molecule has 0 bridgehead atoms. The molecule has 2 aliphatic rings. The molecule has 40 heavy (non-hydrogen) atoms. The van der Waals surface area contributed by atoms with Crippen LogP contribution >= 0.6 is 0 Å². The Morgan fingerprint density at radius 3 is 1.52 bits per heavy atom. The maximum absolute atomic E-state index is 14.2. The minimum Gasteiger partial charge on any atom is -1.00 e. The third-order valence-corrected chi connectivity index (χ3v) is 22.6. The van der Waals surface area contributed by atoms with Crippen molar-refractivity contribution in [2.24, 2.45) is 11.8 Å². The molecule has 0 aromatic heterocycles. The number of hydrogen-bond donors (Lipinski definition) is 1. The number of halogens is 2. The number of carbonyl (C=O) groups excluding carboxylic acids is 1. The molecule has 2 aliphatic carbocycles. The first-order chi connectivity index (χ1) is 18.5. The van der Waals surface area contributed by atoms with Crippen LogP contribution in [0.3, 0.4) is 0 Å². The van der Waals surface area contributed by atoms with E-state index in [0.29, 0.717) is 11.8 Å².